The first-order valence-electron chi connectivity index (χ1n) is 15.4. The number of β-lactam (4-membered cyclic amide) rings is 1. The summed E-state index contributed by atoms with van der Waals surface area (Å²) in [5.41, 5.74) is 6.44. The van der Waals surface area contributed by atoms with Crippen LogP contribution in [-0.4, -0.2) is 75.6 Å². The first kappa shape index (κ1) is 36.4. The van der Waals surface area contributed by atoms with E-state index in [4.69, 9.17) is 15.2 Å². The second kappa shape index (κ2) is 15.6. The molecule has 1 aliphatic heterocycles. The Morgan fingerprint density at radius 3 is 2.08 bits per heavy atom. The van der Waals surface area contributed by atoms with Crippen molar-refractivity contribution in [2.24, 2.45) is 11.1 Å². The highest BCUT2D eigenvalue weighted by atomic mass is 32.2. The van der Waals surface area contributed by atoms with Gasteiger partial charge in [0.2, 0.25) is 11.8 Å². The van der Waals surface area contributed by atoms with Crippen LogP contribution in [-0.2, 0) is 19.2 Å². The van der Waals surface area contributed by atoms with Crippen LogP contribution in [0.1, 0.15) is 51.0 Å². The van der Waals surface area contributed by atoms with Crippen molar-refractivity contribution in [1.29, 1.82) is 0 Å². The Morgan fingerprint density at radius 2 is 1.54 bits per heavy atom. The maximum absolute atomic E-state index is 13.7. The zero-order valence-electron chi connectivity index (χ0n) is 27.2. The van der Waals surface area contributed by atoms with Crippen molar-refractivity contribution in [3.8, 4) is 11.5 Å². The summed E-state index contributed by atoms with van der Waals surface area (Å²) in [5.74, 6) is -2.47. The zero-order chi connectivity index (χ0) is 35.2. The summed E-state index contributed by atoms with van der Waals surface area (Å²) < 4.78 is 24.8. The lowest BCUT2D eigenvalue weighted by Crippen LogP contribution is -2.57. The topological polar surface area (TPSA) is 160 Å². The van der Waals surface area contributed by atoms with Gasteiger partial charge in [-0.25, -0.2) is 9.18 Å². The van der Waals surface area contributed by atoms with E-state index in [1.807, 2.05) is 6.92 Å². The molecule has 13 heteroatoms. The summed E-state index contributed by atoms with van der Waals surface area (Å²) in [6.07, 6.45) is -0.836. The summed E-state index contributed by atoms with van der Waals surface area (Å²) in [4.78, 5) is 53.3. The molecule has 0 aromatic heterocycles. The Hall–Kier alpha value is -4.46. The van der Waals surface area contributed by atoms with E-state index in [-0.39, 0.29) is 17.4 Å². The molecule has 1 aliphatic rings. The van der Waals surface area contributed by atoms with Crippen molar-refractivity contribution in [3.05, 3.63) is 89.7 Å². The molecule has 1 fully saturated rings. The lowest BCUT2D eigenvalue weighted by Gasteiger charge is -2.47. The summed E-state index contributed by atoms with van der Waals surface area (Å²) >= 11 is 1.31. The molecule has 4 N–H and O–H groups in total. The maximum atomic E-state index is 13.7. The van der Waals surface area contributed by atoms with Gasteiger partial charge in [-0.1, -0.05) is 45.0 Å². The van der Waals surface area contributed by atoms with Crippen LogP contribution < -0.4 is 20.1 Å². The van der Waals surface area contributed by atoms with Crippen molar-refractivity contribution < 1.29 is 43.3 Å². The third-order valence-corrected chi connectivity index (χ3v) is 9.10. The van der Waals surface area contributed by atoms with Crippen LogP contribution >= 0.6 is 11.8 Å². The Bertz CT molecular complexity index is 1600. The number of hydrogen-bond donors (Lipinski definition) is 3. The molecule has 0 radical (unpaired) electrons. The highest BCUT2D eigenvalue weighted by Gasteiger charge is 2.49. The Kier molecular flexibility index (Phi) is 11.8. The number of imide groups is 1. The van der Waals surface area contributed by atoms with Gasteiger partial charge in [-0.2, -0.15) is 0 Å². The number of halogens is 1. The van der Waals surface area contributed by atoms with E-state index in [1.165, 1.54) is 36.0 Å². The number of ether oxygens (including phenoxy) is 2. The molecular weight excluding hydrogens is 641 g/mol. The molecule has 1 unspecified atom stereocenters. The van der Waals surface area contributed by atoms with E-state index in [0.717, 1.165) is 5.56 Å². The molecule has 48 heavy (non-hydrogen) atoms. The Labute approximate surface area is 282 Å². The third kappa shape index (κ3) is 8.33. The van der Waals surface area contributed by atoms with Crippen LogP contribution in [0, 0.1) is 11.2 Å². The number of hydrogen-bond acceptors (Lipinski definition) is 9. The second-order valence-corrected chi connectivity index (χ2v) is 13.4. The molecule has 0 spiro atoms. The monoisotopic (exact) mass is 681 g/mol. The fourth-order valence-corrected chi connectivity index (χ4v) is 6.75. The van der Waals surface area contributed by atoms with E-state index in [2.05, 4.69) is 0 Å². The minimum atomic E-state index is -1.46. The van der Waals surface area contributed by atoms with E-state index in [1.54, 1.807) is 74.2 Å². The smallest absolute Gasteiger partial charge is 0.327 e. The number of aliphatic hydroxyl groups excluding tert-OH is 1. The van der Waals surface area contributed by atoms with Gasteiger partial charge in [0.1, 0.15) is 28.6 Å². The molecule has 11 nitrogen and oxygen atoms in total. The van der Waals surface area contributed by atoms with Gasteiger partial charge in [0, 0.05) is 11.4 Å². The summed E-state index contributed by atoms with van der Waals surface area (Å²) in [6.45, 7) is 6.04. The minimum absolute atomic E-state index is 0.196. The van der Waals surface area contributed by atoms with Gasteiger partial charge in [-0.05, 0) is 72.0 Å². The quantitative estimate of drug-likeness (QED) is 0.209. The number of anilines is 1. The predicted molar refractivity (Wildman–Crippen MR) is 179 cm³/mol. The maximum Gasteiger partial charge on any atom is 0.327 e. The molecule has 3 aromatic rings. The highest BCUT2D eigenvalue weighted by Crippen LogP contribution is 2.46. The molecule has 1 heterocycles. The van der Waals surface area contributed by atoms with E-state index in [0.29, 0.717) is 28.5 Å². The lowest BCUT2D eigenvalue weighted by molar-refractivity contribution is -0.163. The predicted octanol–water partition coefficient (Wildman–Crippen LogP) is 4.34. The van der Waals surface area contributed by atoms with Gasteiger partial charge in [-0.15, -0.1) is 11.8 Å². The molecule has 0 aliphatic carbocycles. The molecule has 3 amide bonds. The van der Waals surface area contributed by atoms with Crippen molar-refractivity contribution >= 4 is 41.1 Å². The molecule has 3 aromatic carbocycles. The largest absolute Gasteiger partial charge is 0.494 e. The number of amides is 3. The Morgan fingerprint density at radius 1 is 0.958 bits per heavy atom. The van der Waals surface area contributed by atoms with Gasteiger partial charge < -0.3 is 30.3 Å². The molecule has 4 rings (SSSR count). The van der Waals surface area contributed by atoms with E-state index >= 15 is 0 Å². The number of aliphatic hydroxyl groups is 1. The molecule has 0 bridgehead atoms. The number of carboxylic acid groups (broad SMARTS) is 1. The second-order valence-electron chi connectivity index (χ2n) is 12.2. The average molecular weight is 682 g/mol. The Balaban J connectivity index is 1.50. The third-order valence-electron chi connectivity index (χ3n) is 7.77. The van der Waals surface area contributed by atoms with Gasteiger partial charge >= 0.3 is 5.97 Å². The molecule has 1 saturated heterocycles. The van der Waals surface area contributed by atoms with Crippen molar-refractivity contribution in [1.82, 2.24) is 4.90 Å². The first-order valence-corrected chi connectivity index (χ1v) is 16.4. The van der Waals surface area contributed by atoms with E-state index in [9.17, 15) is 33.8 Å². The number of nitrogens with two attached hydrogens (primary N) is 1. The minimum Gasteiger partial charge on any atom is -0.494 e. The molecule has 256 valence electrons. The molecule has 0 saturated carbocycles. The first-order chi connectivity index (χ1) is 22.8. The highest BCUT2D eigenvalue weighted by molar-refractivity contribution is 8.00. The summed E-state index contributed by atoms with van der Waals surface area (Å²) in [5, 5.41) is 20.1. The number of thioether (sulfide) groups is 1. The fourth-order valence-electron chi connectivity index (χ4n) is 5.45. The number of rotatable bonds is 14. The van der Waals surface area contributed by atoms with Crippen LogP contribution in [0.4, 0.5) is 10.1 Å². The van der Waals surface area contributed by atoms with Crippen LogP contribution in [0.3, 0.4) is 0 Å². The normalized spacial score (nSPS) is 17.2. The van der Waals surface area contributed by atoms with Crippen molar-refractivity contribution in [2.45, 2.75) is 51.1 Å². The van der Waals surface area contributed by atoms with Gasteiger partial charge in [-0.3, -0.25) is 19.3 Å². The average Bonchev–Trinajstić information content (AvgIpc) is 3.05. The SMILES string of the molecule is CCOc1ccc(C(O)CS[C@H]2C(=O)N(c3ccc(F)cc3)[C@@H]2c2ccc(OCC(=O)N(C(=O)CN)[C@@H](C(=O)O)C(C)(C)C)cc2)cc1. The summed E-state index contributed by atoms with van der Waals surface area (Å²) in [7, 11) is 0. The van der Waals surface area contributed by atoms with Gasteiger partial charge in [0.15, 0.2) is 6.61 Å². The van der Waals surface area contributed by atoms with Crippen molar-refractivity contribution in [3.63, 3.8) is 0 Å². The van der Waals surface area contributed by atoms with Crippen LogP contribution in [0.15, 0.2) is 72.8 Å². The zero-order valence-corrected chi connectivity index (χ0v) is 28.0. The molecule has 4 atom stereocenters. The van der Waals surface area contributed by atoms with Gasteiger partial charge in [0.05, 0.1) is 25.3 Å². The van der Waals surface area contributed by atoms with Gasteiger partial charge in [0.25, 0.3) is 5.91 Å². The number of benzene rings is 3. The fraction of sp³-hybridized carbons (Fsp3) is 0.371. The number of carboxylic acids is 1. The van der Waals surface area contributed by atoms with Crippen molar-refractivity contribution in [2.75, 3.05) is 30.4 Å². The molecular formula is C35H40FN3O8S. The standard InChI is InChI=1S/C35H40FN3O8S/c1-5-46-25-14-6-21(7-15-25)27(40)20-48-31-30(38(33(31)43)24-12-10-23(36)11-13-24)22-8-16-26(17-9-22)47-19-29(42)39(28(41)18-37)32(34(44)45)35(2,3)4/h6-17,27,30-32,40H,5,18-20,37H2,1-4H3,(H,44,45)/t27?,30-,31-,32+/m1/s1. The number of carbonyl (C=O) groups excluding carboxylic acids is 3. The number of nitrogens with zero attached hydrogens (tertiary/aromatic N) is 2. The van der Waals surface area contributed by atoms with Crippen LogP contribution in [0.5, 0.6) is 11.5 Å². The number of carbonyl (C=O) groups is 4. The van der Waals surface area contributed by atoms with Crippen LogP contribution in [0.2, 0.25) is 0 Å². The van der Waals surface area contributed by atoms with Crippen LogP contribution in [0.25, 0.3) is 0 Å². The van der Waals surface area contributed by atoms with E-state index < -0.39 is 65.6 Å². The lowest BCUT2D eigenvalue weighted by atomic mass is 9.85. The summed E-state index contributed by atoms with van der Waals surface area (Å²) in [6, 6.07) is 17.4. The number of aliphatic carboxylic acids is 1.